The summed E-state index contributed by atoms with van der Waals surface area (Å²) >= 11 is 12.3. The van der Waals surface area contributed by atoms with Gasteiger partial charge in [-0.1, -0.05) is 35.7 Å². The predicted octanol–water partition coefficient (Wildman–Crippen LogP) is 6.06. The molecule has 1 aromatic carbocycles. The maximum absolute atomic E-state index is 12.4. The minimum absolute atomic E-state index is 0.0996. The molecule has 1 heterocycles. The Bertz CT molecular complexity index is 864. The van der Waals surface area contributed by atoms with Crippen molar-refractivity contribution in [2.75, 3.05) is 0 Å². The van der Waals surface area contributed by atoms with Gasteiger partial charge in [0.1, 0.15) is 0 Å². The van der Waals surface area contributed by atoms with Gasteiger partial charge in [-0.3, -0.25) is 4.79 Å². The maximum Gasteiger partial charge on any atom is 0.389 e. The number of hydrogen-bond acceptors (Lipinski definition) is 3. The quantitative estimate of drug-likeness (QED) is 0.518. The second kappa shape index (κ2) is 8.85. The Morgan fingerprint density at radius 3 is 2.52 bits per heavy atom. The zero-order valence-electron chi connectivity index (χ0n) is 15.9. The summed E-state index contributed by atoms with van der Waals surface area (Å²) in [4.78, 5) is 12.4. The molecular weight excluding hydrogens is 428 g/mol. The van der Waals surface area contributed by atoms with E-state index in [9.17, 15) is 28.3 Å². The van der Waals surface area contributed by atoms with Crippen LogP contribution < -0.4 is 5.32 Å². The van der Waals surface area contributed by atoms with Crippen molar-refractivity contribution in [2.45, 2.75) is 57.7 Å². The zero-order chi connectivity index (χ0) is 22.0. The minimum Gasteiger partial charge on any atom is -0.481 e. The highest BCUT2D eigenvalue weighted by atomic mass is 35.5. The Morgan fingerprint density at radius 2 is 2.00 bits per heavy atom. The number of benzene rings is 1. The highest BCUT2D eigenvalue weighted by Gasteiger charge is 2.53. The number of carbonyl (C=O) groups is 1. The lowest BCUT2D eigenvalue weighted by atomic mass is 9.62. The smallest absolute Gasteiger partial charge is 0.389 e. The van der Waals surface area contributed by atoms with Crippen LogP contribution in [0.1, 0.15) is 51.0 Å². The van der Waals surface area contributed by atoms with Gasteiger partial charge >= 0.3 is 12.1 Å². The molecule has 0 saturated carbocycles. The van der Waals surface area contributed by atoms with Gasteiger partial charge in [0, 0.05) is 34.1 Å². The van der Waals surface area contributed by atoms with E-state index in [0.717, 1.165) is 0 Å². The van der Waals surface area contributed by atoms with Crippen LogP contribution in [0.5, 0.6) is 0 Å². The molecule has 0 saturated heterocycles. The number of allylic oxidation sites excluding steroid dienone is 2. The number of halogens is 5. The molecule has 0 bridgehead atoms. The van der Waals surface area contributed by atoms with Crippen LogP contribution in [0.4, 0.5) is 13.2 Å². The molecule has 0 fully saturated rings. The first-order chi connectivity index (χ1) is 13.4. The van der Waals surface area contributed by atoms with Gasteiger partial charge in [0.25, 0.3) is 0 Å². The summed E-state index contributed by atoms with van der Waals surface area (Å²) in [5.74, 6) is -2.04. The monoisotopic (exact) mass is 448 g/mol. The number of rotatable bonds is 6. The fourth-order valence-electron chi connectivity index (χ4n) is 3.89. The second-order valence-corrected chi connectivity index (χ2v) is 8.24. The molecule has 0 radical (unpaired) electrons. The van der Waals surface area contributed by atoms with E-state index in [1.54, 1.807) is 19.1 Å². The average Bonchev–Trinajstić information content (AvgIpc) is 2.60. The summed E-state index contributed by atoms with van der Waals surface area (Å²) in [7, 11) is 0. The average molecular weight is 449 g/mol. The lowest BCUT2D eigenvalue weighted by Crippen LogP contribution is -2.55. The number of carboxylic acids is 1. The van der Waals surface area contributed by atoms with E-state index in [1.165, 1.54) is 13.0 Å². The van der Waals surface area contributed by atoms with Gasteiger partial charge in [-0.05, 0) is 44.4 Å². The summed E-state index contributed by atoms with van der Waals surface area (Å²) in [6.45, 7) is 3.15. The minimum atomic E-state index is -4.25. The van der Waals surface area contributed by atoms with Crippen molar-refractivity contribution in [1.29, 1.82) is 5.26 Å². The number of hydrogen-bond donors (Lipinski definition) is 2. The SMILES string of the molecule is CC1=C(C#N)C(c2ccc(Cl)cc2Cl)C(C)(C(=O)O)C(CCCCC(F)(F)F)N1. The topological polar surface area (TPSA) is 73.1 Å². The molecule has 3 unspecified atom stereocenters. The van der Waals surface area contributed by atoms with Gasteiger partial charge in [-0.2, -0.15) is 18.4 Å². The van der Waals surface area contributed by atoms with Crippen LogP contribution in [0, 0.1) is 16.7 Å². The predicted molar refractivity (Wildman–Crippen MR) is 105 cm³/mol. The molecule has 1 aliphatic heterocycles. The standard InChI is InChI=1S/C20H21Cl2F3N2O2/c1-11-14(10-26)17(13-7-6-12(21)9-15(13)22)19(2,18(28)29)16(27-11)5-3-4-8-20(23,24)25/h6-7,9,16-17,27H,3-5,8H2,1-2H3,(H,28,29). The van der Waals surface area contributed by atoms with Crippen LogP contribution in [0.25, 0.3) is 0 Å². The number of aliphatic carboxylic acids is 1. The van der Waals surface area contributed by atoms with Crippen LogP contribution in [0.2, 0.25) is 10.0 Å². The van der Waals surface area contributed by atoms with E-state index in [-0.39, 0.29) is 29.9 Å². The van der Waals surface area contributed by atoms with Crippen LogP contribution >= 0.6 is 23.2 Å². The first-order valence-corrected chi connectivity index (χ1v) is 9.80. The van der Waals surface area contributed by atoms with Gasteiger partial charge < -0.3 is 10.4 Å². The molecule has 0 amide bonds. The summed E-state index contributed by atoms with van der Waals surface area (Å²) in [6, 6.07) is 6.03. The summed E-state index contributed by atoms with van der Waals surface area (Å²) in [5, 5.41) is 23.5. The molecule has 1 aromatic rings. The van der Waals surface area contributed by atoms with E-state index < -0.39 is 35.9 Å². The van der Waals surface area contributed by atoms with Gasteiger partial charge in [-0.25, -0.2) is 0 Å². The Morgan fingerprint density at radius 1 is 1.34 bits per heavy atom. The fourth-order valence-corrected chi connectivity index (χ4v) is 4.41. The largest absolute Gasteiger partial charge is 0.481 e. The van der Waals surface area contributed by atoms with Gasteiger partial charge in [0.2, 0.25) is 0 Å². The Labute approximate surface area is 177 Å². The van der Waals surface area contributed by atoms with Gasteiger partial charge in [0.15, 0.2) is 0 Å². The maximum atomic E-state index is 12.4. The molecule has 9 heteroatoms. The van der Waals surface area contributed by atoms with E-state index >= 15 is 0 Å². The second-order valence-electron chi connectivity index (χ2n) is 7.40. The number of nitriles is 1. The molecule has 158 valence electrons. The summed E-state index contributed by atoms with van der Waals surface area (Å²) in [6.07, 6.45) is -4.88. The van der Waals surface area contributed by atoms with Crippen molar-refractivity contribution in [3.63, 3.8) is 0 Å². The Hall–Kier alpha value is -1.91. The van der Waals surface area contributed by atoms with Crippen LogP contribution in [0.15, 0.2) is 29.5 Å². The lowest BCUT2D eigenvalue weighted by molar-refractivity contribution is -0.151. The molecule has 3 atom stereocenters. The van der Waals surface area contributed by atoms with Crippen LogP contribution in [-0.2, 0) is 4.79 Å². The van der Waals surface area contributed by atoms with Crippen molar-refractivity contribution < 1.29 is 23.1 Å². The normalized spacial score (nSPS) is 24.8. The van der Waals surface area contributed by atoms with Crippen molar-refractivity contribution in [3.8, 4) is 6.07 Å². The highest BCUT2D eigenvalue weighted by molar-refractivity contribution is 6.35. The molecule has 2 rings (SSSR count). The number of carboxylic acid groups (broad SMARTS) is 1. The van der Waals surface area contributed by atoms with Crippen molar-refractivity contribution >= 4 is 29.2 Å². The molecule has 0 aliphatic carbocycles. The summed E-state index contributed by atoms with van der Waals surface area (Å²) in [5.41, 5.74) is -0.340. The van der Waals surface area contributed by atoms with E-state index in [4.69, 9.17) is 23.2 Å². The van der Waals surface area contributed by atoms with Crippen molar-refractivity contribution in [3.05, 3.63) is 45.1 Å². The molecular formula is C20H21Cl2F3N2O2. The van der Waals surface area contributed by atoms with Crippen molar-refractivity contribution in [1.82, 2.24) is 5.32 Å². The molecule has 1 aliphatic rings. The van der Waals surface area contributed by atoms with Gasteiger partial charge in [-0.15, -0.1) is 0 Å². The van der Waals surface area contributed by atoms with Crippen molar-refractivity contribution in [2.24, 2.45) is 5.41 Å². The third-order valence-electron chi connectivity index (χ3n) is 5.46. The molecule has 2 N–H and O–H groups in total. The Kier molecular flexibility index (Phi) is 7.13. The number of nitrogens with one attached hydrogen (secondary N) is 1. The number of alkyl halides is 3. The third-order valence-corrected chi connectivity index (χ3v) is 6.03. The Balaban J connectivity index is 2.47. The summed E-state index contributed by atoms with van der Waals surface area (Å²) < 4.78 is 37.3. The fraction of sp³-hybridized carbons (Fsp3) is 0.500. The third kappa shape index (κ3) is 4.99. The van der Waals surface area contributed by atoms with E-state index in [0.29, 0.717) is 16.3 Å². The van der Waals surface area contributed by atoms with E-state index in [2.05, 4.69) is 11.4 Å². The molecule has 0 aromatic heterocycles. The van der Waals surface area contributed by atoms with Gasteiger partial charge in [0.05, 0.1) is 17.1 Å². The van der Waals surface area contributed by atoms with Crippen LogP contribution in [-0.4, -0.2) is 23.3 Å². The number of nitrogens with zero attached hydrogens (tertiary/aromatic N) is 1. The highest BCUT2D eigenvalue weighted by Crippen LogP contribution is 2.50. The lowest BCUT2D eigenvalue weighted by Gasteiger charge is -2.46. The molecule has 29 heavy (non-hydrogen) atoms. The first kappa shape index (κ1) is 23.4. The number of unbranched alkanes of at least 4 members (excludes halogenated alkanes) is 1. The van der Waals surface area contributed by atoms with E-state index in [1.807, 2.05) is 0 Å². The first-order valence-electron chi connectivity index (χ1n) is 9.04. The molecule has 4 nitrogen and oxygen atoms in total. The van der Waals surface area contributed by atoms with Crippen LogP contribution in [0.3, 0.4) is 0 Å². The molecule has 0 spiro atoms. The zero-order valence-corrected chi connectivity index (χ0v) is 17.4.